The number of nitrogens with zero attached hydrogens (tertiary/aromatic N) is 1. The molecule has 1 aliphatic carbocycles. The van der Waals surface area contributed by atoms with Crippen LogP contribution in [0.4, 0.5) is 0 Å². The number of likely N-dealkylation sites (tertiary alicyclic amines) is 1. The molecule has 0 unspecified atom stereocenters. The Bertz CT molecular complexity index is 659. The Morgan fingerprint density at radius 2 is 2.00 bits per heavy atom. The number of carbonyl (C=O) groups is 2. The van der Waals surface area contributed by atoms with Crippen LogP contribution in [0.2, 0.25) is 0 Å². The lowest BCUT2D eigenvalue weighted by Crippen LogP contribution is -2.69. The number of nitrogens with one attached hydrogen (secondary N) is 1. The molecule has 6 nitrogen and oxygen atoms in total. The van der Waals surface area contributed by atoms with Crippen LogP contribution in [0.3, 0.4) is 0 Å². The lowest BCUT2D eigenvalue weighted by molar-refractivity contribution is -0.161. The zero-order valence-corrected chi connectivity index (χ0v) is 13.7. The summed E-state index contributed by atoms with van der Waals surface area (Å²) in [6.07, 6.45) is 2.91. The van der Waals surface area contributed by atoms with E-state index in [1.54, 1.807) is 0 Å². The van der Waals surface area contributed by atoms with Gasteiger partial charge < -0.3 is 20.7 Å². The van der Waals surface area contributed by atoms with Gasteiger partial charge in [0, 0.05) is 13.1 Å². The SMILES string of the molecule is NC1(C(=O)N2CC[C@@]3(c4ccccc4)NC(=O)CO[C@@H]3C2)CCC1. The van der Waals surface area contributed by atoms with Crippen molar-refractivity contribution in [3.8, 4) is 0 Å². The Kier molecular flexibility index (Phi) is 3.62. The van der Waals surface area contributed by atoms with Gasteiger partial charge in [0.15, 0.2) is 0 Å². The molecular weight excluding hydrogens is 306 g/mol. The first kappa shape index (κ1) is 15.6. The molecule has 2 saturated heterocycles. The van der Waals surface area contributed by atoms with E-state index in [1.165, 1.54) is 0 Å². The zero-order valence-electron chi connectivity index (χ0n) is 13.7. The smallest absolute Gasteiger partial charge is 0.246 e. The van der Waals surface area contributed by atoms with Gasteiger partial charge >= 0.3 is 0 Å². The van der Waals surface area contributed by atoms with Gasteiger partial charge in [0.05, 0.1) is 11.1 Å². The Morgan fingerprint density at radius 1 is 1.25 bits per heavy atom. The van der Waals surface area contributed by atoms with E-state index in [-0.39, 0.29) is 24.5 Å². The number of benzene rings is 1. The van der Waals surface area contributed by atoms with E-state index >= 15 is 0 Å². The van der Waals surface area contributed by atoms with Crippen molar-refractivity contribution in [3.05, 3.63) is 35.9 Å². The summed E-state index contributed by atoms with van der Waals surface area (Å²) in [7, 11) is 0. The van der Waals surface area contributed by atoms with Gasteiger partial charge in [-0.05, 0) is 31.2 Å². The van der Waals surface area contributed by atoms with Crippen LogP contribution in [0.15, 0.2) is 30.3 Å². The second-order valence-electron chi connectivity index (χ2n) is 7.20. The van der Waals surface area contributed by atoms with E-state index in [0.717, 1.165) is 24.8 Å². The number of piperidine rings is 1. The first-order chi connectivity index (χ1) is 11.5. The second-order valence-corrected chi connectivity index (χ2v) is 7.20. The summed E-state index contributed by atoms with van der Waals surface area (Å²) in [5, 5.41) is 3.14. The van der Waals surface area contributed by atoms with Crippen molar-refractivity contribution >= 4 is 11.8 Å². The summed E-state index contributed by atoms with van der Waals surface area (Å²) in [4.78, 5) is 26.6. The van der Waals surface area contributed by atoms with E-state index < -0.39 is 11.1 Å². The monoisotopic (exact) mass is 329 g/mol. The number of fused-ring (bicyclic) bond motifs is 1. The molecule has 128 valence electrons. The minimum absolute atomic E-state index is 0.0240. The number of ether oxygens (including phenoxy) is 1. The van der Waals surface area contributed by atoms with Crippen LogP contribution in [0, 0.1) is 0 Å². The molecule has 0 spiro atoms. The van der Waals surface area contributed by atoms with E-state index in [1.807, 2.05) is 35.2 Å². The van der Waals surface area contributed by atoms with Crippen molar-refractivity contribution in [3.63, 3.8) is 0 Å². The van der Waals surface area contributed by atoms with Gasteiger partial charge in [0.2, 0.25) is 11.8 Å². The number of amides is 2. The standard InChI is InChI=1S/C18H23N3O3/c19-17(7-4-8-17)16(23)21-10-9-18(13-5-2-1-3-6-13)14(11-21)24-12-15(22)20-18/h1-3,5-6,14H,4,7-12,19H2,(H,20,22)/t14-,18+/m1/s1. The zero-order chi connectivity index (χ0) is 16.8. The summed E-state index contributed by atoms with van der Waals surface area (Å²) in [6.45, 7) is 1.08. The molecule has 0 bridgehead atoms. The molecule has 1 aromatic carbocycles. The number of morpholine rings is 1. The maximum absolute atomic E-state index is 12.7. The topological polar surface area (TPSA) is 84.7 Å². The van der Waals surface area contributed by atoms with Gasteiger partial charge in [0.25, 0.3) is 0 Å². The Labute approximate surface area is 141 Å². The van der Waals surface area contributed by atoms with Crippen LogP contribution in [0.5, 0.6) is 0 Å². The molecular formula is C18H23N3O3. The van der Waals surface area contributed by atoms with Crippen LogP contribution < -0.4 is 11.1 Å². The molecule has 4 rings (SSSR count). The van der Waals surface area contributed by atoms with Crippen LogP contribution in [-0.4, -0.2) is 48.1 Å². The van der Waals surface area contributed by atoms with Crippen molar-refractivity contribution < 1.29 is 14.3 Å². The number of hydrogen-bond acceptors (Lipinski definition) is 4. The summed E-state index contributed by atoms with van der Waals surface area (Å²) in [5.74, 6) is -0.0833. The minimum Gasteiger partial charge on any atom is -0.364 e. The molecule has 0 aromatic heterocycles. The average molecular weight is 329 g/mol. The van der Waals surface area contributed by atoms with Gasteiger partial charge in [-0.3, -0.25) is 9.59 Å². The van der Waals surface area contributed by atoms with Crippen molar-refractivity contribution in [2.24, 2.45) is 5.73 Å². The highest BCUT2D eigenvalue weighted by atomic mass is 16.5. The largest absolute Gasteiger partial charge is 0.364 e. The van der Waals surface area contributed by atoms with Crippen molar-refractivity contribution in [1.82, 2.24) is 10.2 Å². The third-order valence-corrected chi connectivity index (χ3v) is 5.74. The third kappa shape index (κ3) is 2.32. The molecule has 6 heteroatoms. The predicted octanol–water partition coefficient (Wildman–Crippen LogP) is 0.511. The lowest BCUT2D eigenvalue weighted by atomic mass is 9.74. The summed E-state index contributed by atoms with van der Waals surface area (Å²) in [6, 6.07) is 9.89. The Balaban J connectivity index is 1.60. The van der Waals surface area contributed by atoms with E-state index in [0.29, 0.717) is 19.5 Å². The summed E-state index contributed by atoms with van der Waals surface area (Å²) in [5.41, 5.74) is 5.99. The summed E-state index contributed by atoms with van der Waals surface area (Å²) < 4.78 is 5.85. The normalized spacial score (nSPS) is 31.6. The molecule has 2 aliphatic heterocycles. The highest BCUT2D eigenvalue weighted by Gasteiger charge is 2.52. The average Bonchev–Trinajstić information content (AvgIpc) is 2.59. The maximum atomic E-state index is 12.7. The molecule has 2 heterocycles. The molecule has 3 N–H and O–H groups in total. The lowest BCUT2D eigenvalue weighted by Gasteiger charge is -2.52. The van der Waals surface area contributed by atoms with E-state index in [2.05, 4.69) is 5.32 Å². The molecule has 1 aromatic rings. The van der Waals surface area contributed by atoms with Crippen molar-refractivity contribution in [2.75, 3.05) is 19.7 Å². The number of nitrogens with two attached hydrogens (primary N) is 1. The number of hydrogen-bond donors (Lipinski definition) is 2. The molecule has 0 radical (unpaired) electrons. The van der Waals surface area contributed by atoms with Gasteiger partial charge in [-0.1, -0.05) is 30.3 Å². The molecule has 2 amide bonds. The van der Waals surface area contributed by atoms with Gasteiger partial charge in [-0.25, -0.2) is 0 Å². The maximum Gasteiger partial charge on any atom is 0.246 e. The second kappa shape index (κ2) is 5.57. The Hall–Kier alpha value is -1.92. The predicted molar refractivity (Wildman–Crippen MR) is 88.0 cm³/mol. The first-order valence-electron chi connectivity index (χ1n) is 8.60. The first-order valence-corrected chi connectivity index (χ1v) is 8.60. The fourth-order valence-electron chi connectivity index (χ4n) is 4.13. The van der Waals surface area contributed by atoms with Gasteiger partial charge in [-0.15, -0.1) is 0 Å². The highest BCUT2D eigenvalue weighted by Crippen LogP contribution is 2.39. The molecule has 2 atom stereocenters. The summed E-state index contributed by atoms with van der Waals surface area (Å²) >= 11 is 0. The molecule has 3 fully saturated rings. The van der Waals surface area contributed by atoms with E-state index in [9.17, 15) is 9.59 Å². The quantitative estimate of drug-likeness (QED) is 0.828. The van der Waals surface area contributed by atoms with Crippen molar-refractivity contribution in [1.29, 1.82) is 0 Å². The fraction of sp³-hybridized carbons (Fsp3) is 0.556. The van der Waals surface area contributed by atoms with Crippen LogP contribution >= 0.6 is 0 Å². The number of carbonyl (C=O) groups excluding carboxylic acids is 2. The van der Waals surface area contributed by atoms with E-state index in [4.69, 9.17) is 10.5 Å². The van der Waals surface area contributed by atoms with Gasteiger partial charge in [0.1, 0.15) is 12.7 Å². The molecule has 3 aliphatic rings. The molecule has 24 heavy (non-hydrogen) atoms. The minimum atomic E-state index is -0.690. The third-order valence-electron chi connectivity index (χ3n) is 5.74. The van der Waals surface area contributed by atoms with Crippen LogP contribution in [0.1, 0.15) is 31.2 Å². The van der Waals surface area contributed by atoms with Crippen molar-refractivity contribution in [2.45, 2.75) is 42.9 Å². The fourth-order valence-corrected chi connectivity index (χ4v) is 4.13. The molecule has 1 saturated carbocycles. The Morgan fingerprint density at radius 3 is 2.67 bits per heavy atom. The number of rotatable bonds is 2. The highest BCUT2D eigenvalue weighted by molar-refractivity contribution is 5.87. The van der Waals surface area contributed by atoms with Gasteiger partial charge in [-0.2, -0.15) is 0 Å². The van der Waals surface area contributed by atoms with Crippen LogP contribution in [0.25, 0.3) is 0 Å². The van der Waals surface area contributed by atoms with Crippen LogP contribution in [-0.2, 0) is 19.9 Å².